The van der Waals surface area contributed by atoms with Crippen molar-refractivity contribution in [3.8, 4) is 0 Å². The first kappa shape index (κ1) is 18.0. The van der Waals surface area contributed by atoms with E-state index in [2.05, 4.69) is 0 Å². The highest BCUT2D eigenvalue weighted by Crippen LogP contribution is 2.37. The molecule has 2 aromatic carbocycles. The Bertz CT molecular complexity index is 801. The van der Waals surface area contributed by atoms with Crippen LogP contribution in [0.2, 0.25) is 0 Å². The number of nitro groups is 1. The number of alkyl halides is 3. The summed E-state index contributed by atoms with van der Waals surface area (Å²) in [5.74, 6) is -0.340. The lowest BCUT2D eigenvalue weighted by molar-refractivity contribution is -0.384. The molecule has 5 nitrogen and oxygen atoms in total. The maximum absolute atomic E-state index is 13.0. The molecule has 9 heteroatoms. The van der Waals surface area contributed by atoms with Gasteiger partial charge >= 0.3 is 6.18 Å². The van der Waals surface area contributed by atoms with Gasteiger partial charge < -0.3 is 9.80 Å². The fourth-order valence-corrected chi connectivity index (χ4v) is 2.97. The molecule has 3 rings (SSSR count). The van der Waals surface area contributed by atoms with Gasteiger partial charge in [-0.05, 0) is 36.4 Å². The van der Waals surface area contributed by atoms with Crippen molar-refractivity contribution in [1.82, 2.24) is 0 Å². The van der Waals surface area contributed by atoms with Gasteiger partial charge in [0.1, 0.15) is 11.5 Å². The van der Waals surface area contributed by atoms with Gasteiger partial charge in [-0.2, -0.15) is 13.2 Å². The van der Waals surface area contributed by atoms with Crippen LogP contribution in [0.1, 0.15) is 5.56 Å². The molecule has 0 aromatic heterocycles. The van der Waals surface area contributed by atoms with Crippen molar-refractivity contribution in [3.63, 3.8) is 0 Å². The van der Waals surface area contributed by atoms with Crippen molar-refractivity contribution in [3.05, 3.63) is 64.0 Å². The lowest BCUT2D eigenvalue weighted by Gasteiger charge is -2.37. The second-order valence-corrected chi connectivity index (χ2v) is 5.91. The summed E-state index contributed by atoms with van der Waals surface area (Å²) in [5, 5.41) is 11.2. The number of hydrogen-bond donors (Lipinski definition) is 0. The summed E-state index contributed by atoms with van der Waals surface area (Å²) in [7, 11) is 0. The van der Waals surface area contributed by atoms with E-state index in [9.17, 15) is 27.7 Å². The summed E-state index contributed by atoms with van der Waals surface area (Å²) in [6, 6.07) is 8.56. The first-order chi connectivity index (χ1) is 12.3. The number of halogens is 4. The van der Waals surface area contributed by atoms with Crippen molar-refractivity contribution in [1.29, 1.82) is 0 Å². The summed E-state index contributed by atoms with van der Waals surface area (Å²) in [4.78, 5) is 14.1. The maximum Gasteiger partial charge on any atom is 0.416 e. The van der Waals surface area contributed by atoms with Crippen LogP contribution in [0, 0.1) is 15.9 Å². The highest BCUT2D eigenvalue weighted by Gasteiger charge is 2.34. The third kappa shape index (κ3) is 3.71. The molecule has 0 atom stereocenters. The number of rotatable bonds is 3. The van der Waals surface area contributed by atoms with Crippen LogP contribution in [-0.2, 0) is 6.18 Å². The first-order valence-electron chi connectivity index (χ1n) is 7.87. The Morgan fingerprint density at radius 1 is 0.923 bits per heavy atom. The lowest BCUT2D eigenvalue weighted by atomic mass is 10.1. The molecular weight excluding hydrogens is 354 g/mol. The molecule has 0 bridgehead atoms. The van der Waals surface area contributed by atoms with E-state index in [1.54, 1.807) is 17.0 Å². The molecule has 0 unspecified atom stereocenters. The summed E-state index contributed by atoms with van der Waals surface area (Å²) in [6.45, 7) is 1.85. The summed E-state index contributed by atoms with van der Waals surface area (Å²) < 4.78 is 51.4. The van der Waals surface area contributed by atoms with Crippen molar-refractivity contribution in [2.45, 2.75) is 6.18 Å². The average Bonchev–Trinajstić information content (AvgIpc) is 2.61. The Morgan fingerprint density at radius 3 is 2.04 bits per heavy atom. The number of nitro benzene ring substituents is 1. The van der Waals surface area contributed by atoms with Gasteiger partial charge in [-0.25, -0.2) is 4.39 Å². The summed E-state index contributed by atoms with van der Waals surface area (Å²) in [6.07, 6.45) is -4.63. The molecule has 1 saturated heterocycles. The second-order valence-electron chi connectivity index (χ2n) is 5.91. The third-order valence-corrected chi connectivity index (χ3v) is 4.31. The van der Waals surface area contributed by atoms with E-state index >= 15 is 0 Å². The van der Waals surface area contributed by atoms with Crippen LogP contribution >= 0.6 is 0 Å². The Balaban J connectivity index is 1.78. The van der Waals surface area contributed by atoms with Gasteiger partial charge in [-0.1, -0.05) is 0 Å². The number of benzene rings is 2. The Kier molecular flexibility index (Phi) is 4.71. The Morgan fingerprint density at radius 2 is 1.50 bits per heavy atom. The predicted octanol–water partition coefficient (Wildman–Crippen LogP) is 4.08. The molecule has 26 heavy (non-hydrogen) atoms. The monoisotopic (exact) mass is 369 g/mol. The smallest absolute Gasteiger partial charge is 0.368 e. The van der Waals surface area contributed by atoms with Gasteiger partial charge in [0.2, 0.25) is 0 Å². The minimum Gasteiger partial charge on any atom is -0.368 e. The highest BCUT2D eigenvalue weighted by atomic mass is 19.4. The second kappa shape index (κ2) is 6.81. The van der Waals surface area contributed by atoms with Crippen LogP contribution < -0.4 is 9.80 Å². The topological polar surface area (TPSA) is 49.6 Å². The van der Waals surface area contributed by atoms with Crippen LogP contribution in [0.3, 0.4) is 0 Å². The van der Waals surface area contributed by atoms with Gasteiger partial charge in [0.15, 0.2) is 0 Å². The Hall–Kier alpha value is -2.84. The fraction of sp³-hybridized carbons (Fsp3) is 0.294. The molecule has 0 amide bonds. The van der Waals surface area contributed by atoms with E-state index in [4.69, 9.17) is 0 Å². The molecular formula is C17H15F4N3O2. The van der Waals surface area contributed by atoms with Crippen LogP contribution in [-0.4, -0.2) is 31.1 Å². The maximum atomic E-state index is 13.0. The van der Waals surface area contributed by atoms with Crippen LogP contribution in [0.4, 0.5) is 34.6 Å². The van der Waals surface area contributed by atoms with E-state index in [-0.39, 0.29) is 11.5 Å². The minimum atomic E-state index is -4.63. The normalized spacial score (nSPS) is 15.2. The van der Waals surface area contributed by atoms with Crippen molar-refractivity contribution >= 4 is 17.1 Å². The van der Waals surface area contributed by atoms with Gasteiger partial charge in [-0.3, -0.25) is 10.1 Å². The molecule has 1 aliphatic rings. The minimum absolute atomic E-state index is 0.168. The molecule has 0 saturated carbocycles. The zero-order valence-electron chi connectivity index (χ0n) is 13.5. The number of nitrogens with zero attached hydrogens (tertiary/aromatic N) is 3. The van der Waals surface area contributed by atoms with E-state index in [1.807, 2.05) is 4.90 Å². The standard InChI is InChI=1S/C17H15F4N3O2/c18-13-2-4-14(5-3-13)22-7-9-23(10-8-22)15-6-1-12(17(19,20)21)11-16(15)24(25)26/h1-6,11H,7-10H2. The lowest BCUT2D eigenvalue weighted by Crippen LogP contribution is -2.46. The van der Waals surface area contributed by atoms with Gasteiger partial charge in [-0.15, -0.1) is 0 Å². The van der Waals surface area contributed by atoms with Crippen molar-refractivity contribution in [2.75, 3.05) is 36.0 Å². The molecule has 1 aliphatic heterocycles. The summed E-state index contributed by atoms with van der Waals surface area (Å²) in [5.41, 5.74) is -0.609. The van der Waals surface area contributed by atoms with Crippen LogP contribution in [0.25, 0.3) is 0 Å². The van der Waals surface area contributed by atoms with Crippen molar-refractivity contribution < 1.29 is 22.5 Å². The molecule has 1 heterocycles. The van der Waals surface area contributed by atoms with Crippen LogP contribution in [0.15, 0.2) is 42.5 Å². The number of hydrogen-bond acceptors (Lipinski definition) is 4. The van der Waals surface area contributed by atoms with Crippen LogP contribution in [0.5, 0.6) is 0 Å². The third-order valence-electron chi connectivity index (χ3n) is 4.31. The fourth-order valence-electron chi connectivity index (χ4n) is 2.97. The van der Waals surface area contributed by atoms with E-state index in [1.165, 1.54) is 12.1 Å². The summed E-state index contributed by atoms with van der Waals surface area (Å²) >= 11 is 0. The number of anilines is 2. The molecule has 0 aliphatic carbocycles. The van der Waals surface area contributed by atoms with Crippen molar-refractivity contribution in [2.24, 2.45) is 0 Å². The molecule has 0 spiro atoms. The Labute approximate surface area is 146 Å². The van der Waals surface area contributed by atoms with Gasteiger partial charge in [0, 0.05) is 37.9 Å². The quantitative estimate of drug-likeness (QED) is 0.465. The largest absolute Gasteiger partial charge is 0.416 e. The molecule has 0 radical (unpaired) electrons. The zero-order valence-corrected chi connectivity index (χ0v) is 13.5. The molecule has 138 valence electrons. The highest BCUT2D eigenvalue weighted by molar-refractivity contribution is 5.65. The molecule has 2 aromatic rings. The average molecular weight is 369 g/mol. The number of piperazine rings is 1. The zero-order chi connectivity index (χ0) is 18.9. The SMILES string of the molecule is O=[N+]([O-])c1cc(C(F)(F)F)ccc1N1CCN(c2ccc(F)cc2)CC1. The molecule has 1 fully saturated rings. The first-order valence-corrected chi connectivity index (χ1v) is 7.87. The van der Waals surface area contributed by atoms with E-state index in [0.717, 1.165) is 17.8 Å². The predicted molar refractivity (Wildman–Crippen MR) is 88.9 cm³/mol. The van der Waals surface area contributed by atoms with Gasteiger partial charge in [0.05, 0.1) is 10.5 Å². The van der Waals surface area contributed by atoms with E-state index < -0.39 is 22.4 Å². The van der Waals surface area contributed by atoms with Gasteiger partial charge in [0.25, 0.3) is 5.69 Å². The molecule has 0 N–H and O–H groups in total. The van der Waals surface area contributed by atoms with E-state index in [0.29, 0.717) is 32.2 Å².